The summed E-state index contributed by atoms with van der Waals surface area (Å²) in [4.78, 5) is 18.0. The molecule has 0 aromatic carbocycles. The summed E-state index contributed by atoms with van der Waals surface area (Å²) in [5.41, 5.74) is 0. The fourth-order valence-corrected chi connectivity index (χ4v) is 2.52. The van der Waals surface area contributed by atoms with E-state index in [4.69, 9.17) is 4.74 Å². The van der Waals surface area contributed by atoms with Gasteiger partial charge in [0.15, 0.2) is 0 Å². The van der Waals surface area contributed by atoms with Crippen LogP contribution in [0.5, 0.6) is 0 Å². The molecule has 1 aliphatic heterocycles. The topological polar surface area (TPSA) is 47.4 Å². The predicted octanol–water partition coefficient (Wildman–Crippen LogP) is 1.80. The van der Waals surface area contributed by atoms with Crippen LogP contribution in [0.3, 0.4) is 0 Å². The van der Waals surface area contributed by atoms with Crippen molar-refractivity contribution in [3.05, 3.63) is 16.6 Å². The molecule has 6 heteroatoms. The van der Waals surface area contributed by atoms with Crippen molar-refractivity contribution in [1.29, 1.82) is 0 Å². The third kappa shape index (κ3) is 3.32. The molecule has 0 amide bonds. The number of fused-ring (bicyclic) bond motifs is 1. The van der Waals surface area contributed by atoms with Gasteiger partial charge in [0.2, 0.25) is 0 Å². The van der Waals surface area contributed by atoms with Crippen LogP contribution >= 0.6 is 15.9 Å². The first-order chi connectivity index (χ1) is 8.56. The van der Waals surface area contributed by atoms with Gasteiger partial charge in [-0.3, -0.25) is 9.69 Å². The third-order valence-corrected chi connectivity index (χ3v) is 3.53. The Balaban J connectivity index is 1.81. The van der Waals surface area contributed by atoms with Crippen LogP contribution in [0.2, 0.25) is 0 Å². The molecule has 5 nitrogen and oxygen atoms in total. The average Bonchev–Trinajstić information content (AvgIpc) is 2.67. The van der Waals surface area contributed by atoms with E-state index in [9.17, 15) is 4.79 Å². The Morgan fingerprint density at radius 1 is 1.56 bits per heavy atom. The molecule has 2 heterocycles. The fourth-order valence-electron chi connectivity index (χ4n) is 2.04. The summed E-state index contributed by atoms with van der Waals surface area (Å²) >= 11 is 3.47. The van der Waals surface area contributed by atoms with Crippen LogP contribution in [0.1, 0.15) is 26.1 Å². The molecule has 0 fully saturated rings. The lowest BCUT2D eigenvalue weighted by atomic mass is 10.3. The first-order valence-electron chi connectivity index (χ1n) is 6.18. The smallest absolute Gasteiger partial charge is 0.307 e. The number of carbonyl (C=O) groups is 1. The highest BCUT2D eigenvalue weighted by atomic mass is 79.9. The Hall–Kier alpha value is -0.880. The van der Waals surface area contributed by atoms with Crippen molar-refractivity contribution in [3.63, 3.8) is 0 Å². The van der Waals surface area contributed by atoms with E-state index in [0.717, 1.165) is 36.6 Å². The predicted molar refractivity (Wildman–Crippen MR) is 71.0 cm³/mol. The number of aromatic nitrogens is 2. The van der Waals surface area contributed by atoms with E-state index in [2.05, 4.69) is 30.4 Å². The number of nitrogens with zero attached hydrogens (tertiary/aromatic N) is 3. The molecule has 100 valence electrons. The number of hydrogen-bond acceptors (Lipinski definition) is 4. The number of imidazole rings is 1. The van der Waals surface area contributed by atoms with Crippen LogP contribution in [-0.4, -0.2) is 39.6 Å². The highest BCUT2D eigenvalue weighted by Gasteiger charge is 2.19. The van der Waals surface area contributed by atoms with Gasteiger partial charge in [-0.15, -0.1) is 0 Å². The van der Waals surface area contributed by atoms with Gasteiger partial charge in [-0.25, -0.2) is 4.98 Å². The van der Waals surface area contributed by atoms with Crippen molar-refractivity contribution >= 4 is 21.9 Å². The lowest BCUT2D eigenvalue weighted by Crippen LogP contribution is -2.35. The number of rotatable bonds is 4. The summed E-state index contributed by atoms with van der Waals surface area (Å²) in [7, 11) is 0. The SMILES string of the molecule is CC(C)OC(=O)CCN1CCn2c(Br)cnc2C1. The van der Waals surface area contributed by atoms with Crippen LogP contribution in [0.4, 0.5) is 0 Å². The number of ether oxygens (including phenoxy) is 1. The van der Waals surface area contributed by atoms with Crippen molar-refractivity contribution in [2.75, 3.05) is 13.1 Å². The van der Waals surface area contributed by atoms with Gasteiger partial charge in [0.05, 0.1) is 25.3 Å². The van der Waals surface area contributed by atoms with E-state index in [0.29, 0.717) is 6.42 Å². The Labute approximate surface area is 115 Å². The van der Waals surface area contributed by atoms with Crippen molar-refractivity contribution in [2.24, 2.45) is 0 Å². The van der Waals surface area contributed by atoms with Crippen LogP contribution < -0.4 is 0 Å². The molecule has 0 radical (unpaired) electrons. The number of esters is 1. The summed E-state index contributed by atoms with van der Waals surface area (Å²) in [5, 5.41) is 0. The third-order valence-electron chi connectivity index (χ3n) is 2.89. The lowest BCUT2D eigenvalue weighted by Gasteiger charge is -2.27. The van der Waals surface area contributed by atoms with E-state index in [1.54, 1.807) is 0 Å². The van der Waals surface area contributed by atoms with Gasteiger partial charge in [0.25, 0.3) is 0 Å². The van der Waals surface area contributed by atoms with Crippen molar-refractivity contribution < 1.29 is 9.53 Å². The van der Waals surface area contributed by atoms with Crippen LogP contribution in [0, 0.1) is 0 Å². The monoisotopic (exact) mass is 315 g/mol. The van der Waals surface area contributed by atoms with Gasteiger partial charge >= 0.3 is 5.97 Å². The Morgan fingerprint density at radius 3 is 3.06 bits per heavy atom. The maximum absolute atomic E-state index is 11.5. The Bertz CT molecular complexity index is 431. The largest absolute Gasteiger partial charge is 0.463 e. The molecule has 1 aromatic rings. The number of carbonyl (C=O) groups excluding carboxylic acids is 1. The average molecular weight is 316 g/mol. The second-order valence-corrected chi connectivity index (χ2v) is 5.53. The molecule has 1 aromatic heterocycles. The molecule has 0 bridgehead atoms. The molecule has 0 atom stereocenters. The minimum Gasteiger partial charge on any atom is -0.463 e. The highest BCUT2D eigenvalue weighted by Crippen LogP contribution is 2.18. The van der Waals surface area contributed by atoms with Crippen LogP contribution in [-0.2, 0) is 22.6 Å². The normalized spacial score (nSPS) is 15.8. The van der Waals surface area contributed by atoms with E-state index in [1.165, 1.54) is 0 Å². The minimum absolute atomic E-state index is 0.0336. The van der Waals surface area contributed by atoms with E-state index >= 15 is 0 Å². The molecule has 0 aliphatic carbocycles. The van der Waals surface area contributed by atoms with E-state index < -0.39 is 0 Å². The van der Waals surface area contributed by atoms with Crippen molar-refractivity contribution in [2.45, 2.75) is 39.5 Å². The second kappa shape index (κ2) is 5.84. The molecular weight excluding hydrogens is 298 g/mol. The van der Waals surface area contributed by atoms with Gasteiger partial charge in [0, 0.05) is 19.6 Å². The summed E-state index contributed by atoms with van der Waals surface area (Å²) < 4.78 is 8.30. The molecule has 0 spiro atoms. The van der Waals surface area contributed by atoms with Crippen molar-refractivity contribution in [3.8, 4) is 0 Å². The van der Waals surface area contributed by atoms with Gasteiger partial charge in [0.1, 0.15) is 10.4 Å². The quantitative estimate of drug-likeness (QED) is 0.795. The molecular formula is C12H18BrN3O2. The first kappa shape index (κ1) is 13.5. The molecule has 0 saturated heterocycles. The zero-order valence-electron chi connectivity index (χ0n) is 10.7. The van der Waals surface area contributed by atoms with Crippen LogP contribution in [0.15, 0.2) is 10.8 Å². The van der Waals surface area contributed by atoms with Crippen LogP contribution in [0.25, 0.3) is 0 Å². The molecule has 18 heavy (non-hydrogen) atoms. The van der Waals surface area contributed by atoms with E-state index in [1.807, 2.05) is 20.0 Å². The Morgan fingerprint density at radius 2 is 2.33 bits per heavy atom. The minimum atomic E-state index is -0.125. The van der Waals surface area contributed by atoms with E-state index in [-0.39, 0.29) is 12.1 Å². The van der Waals surface area contributed by atoms with Gasteiger partial charge < -0.3 is 9.30 Å². The number of halogens is 1. The maximum Gasteiger partial charge on any atom is 0.307 e. The number of hydrogen-bond donors (Lipinski definition) is 0. The first-order valence-corrected chi connectivity index (χ1v) is 6.97. The van der Waals surface area contributed by atoms with Crippen molar-refractivity contribution in [1.82, 2.24) is 14.5 Å². The highest BCUT2D eigenvalue weighted by molar-refractivity contribution is 9.10. The molecule has 1 aliphatic rings. The second-order valence-electron chi connectivity index (χ2n) is 4.71. The molecule has 0 saturated carbocycles. The zero-order valence-corrected chi connectivity index (χ0v) is 12.3. The van der Waals surface area contributed by atoms with Gasteiger partial charge in [-0.05, 0) is 29.8 Å². The zero-order chi connectivity index (χ0) is 13.1. The summed E-state index contributed by atoms with van der Waals surface area (Å²) in [6.45, 7) is 7.11. The standard InChI is InChI=1S/C12H18BrN3O2/c1-9(2)18-12(17)3-4-15-5-6-16-10(13)7-14-11(16)8-15/h7,9H,3-6,8H2,1-2H3. The van der Waals surface area contributed by atoms with Gasteiger partial charge in [-0.2, -0.15) is 0 Å². The maximum atomic E-state index is 11.5. The summed E-state index contributed by atoms with van der Waals surface area (Å²) in [6, 6.07) is 0. The fraction of sp³-hybridized carbons (Fsp3) is 0.667. The summed E-state index contributed by atoms with van der Waals surface area (Å²) in [6.07, 6.45) is 2.24. The molecule has 0 N–H and O–H groups in total. The lowest BCUT2D eigenvalue weighted by molar-refractivity contribution is -0.147. The molecule has 0 unspecified atom stereocenters. The summed E-state index contributed by atoms with van der Waals surface area (Å²) in [5.74, 6) is 0.922. The van der Waals surface area contributed by atoms with Gasteiger partial charge in [-0.1, -0.05) is 0 Å². The molecule has 2 rings (SSSR count). The Kier molecular flexibility index (Phi) is 4.40.